The van der Waals surface area contributed by atoms with Crippen molar-refractivity contribution in [2.75, 3.05) is 53.6 Å². The van der Waals surface area contributed by atoms with Gasteiger partial charge < -0.3 is 23.7 Å². The molecule has 1 atom stereocenters. The number of piperazine rings is 1. The number of ether oxygens (including phenoxy) is 3. The molecule has 204 valence electrons. The number of methoxy groups -OCH3 is 1. The summed E-state index contributed by atoms with van der Waals surface area (Å²) in [4.78, 5) is 31.2. The average Bonchev–Trinajstić information content (AvgIpc) is 2.93. The van der Waals surface area contributed by atoms with Crippen LogP contribution >= 0.6 is 0 Å². The Morgan fingerprint density at radius 3 is 2.39 bits per heavy atom. The van der Waals surface area contributed by atoms with Crippen molar-refractivity contribution in [3.63, 3.8) is 0 Å². The molecular weight excluding hydrogens is 489 g/mol. The molecule has 8 nitrogen and oxygen atoms in total. The first-order chi connectivity index (χ1) is 18.4. The van der Waals surface area contributed by atoms with Crippen LogP contribution in [0.2, 0.25) is 0 Å². The number of likely N-dealkylation sites (N-methyl/N-ethyl adjacent to an activating group) is 1. The molecule has 4 rings (SSSR count). The van der Waals surface area contributed by atoms with E-state index in [-0.39, 0.29) is 24.5 Å². The number of fused-ring (bicyclic) bond motifs is 1. The van der Waals surface area contributed by atoms with Gasteiger partial charge in [0.05, 0.1) is 31.2 Å². The molecule has 9 heteroatoms. The van der Waals surface area contributed by atoms with Gasteiger partial charge in [-0.3, -0.25) is 14.5 Å². The molecule has 38 heavy (non-hydrogen) atoms. The summed E-state index contributed by atoms with van der Waals surface area (Å²) in [6, 6.07) is 9.25. The summed E-state index contributed by atoms with van der Waals surface area (Å²) >= 11 is 0. The highest BCUT2D eigenvalue weighted by Gasteiger charge is 2.31. The Hall–Kier alpha value is -3.43. The van der Waals surface area contributed by atoms with Crippen molar-refractivity contribution in [2.45, 2.75) is 32.9 Å². The van der Waals surface area contributed by atoms with Gasteiger partial charge in [0.2, 0.25) is 0 Å². The van der Waals surface area contributed by atoms with E-state index >= 15 is 4.39 Å². The van der Waals surface area contributed by atoms with Crippen LogP contribution in [0.15, 0.2) is 47.4 Å². The van der Waals surface area contributed by atoms with Crippen molar-refractivity contribution in [1.82, 2.24) is 14.4 Å². The minimum Gasteiger partial charge on any atom is -0.497 e. The summed E-state index contributed by atoms with van der Waals surface area (Å²) in [5.74, 6) is 0.0731. The molecule has 3 aromatic rings. The van der Waals surface area contributed by atoms with E-state index in [9.17, 15) is 9.59 Å². The lowest BCUT2D eigenvalue weighted by molar-refractivity contribution is -0.150. The second-order valence-corrected chi connectivity index (χ2v) is 9.48. The van der Waals surface area contributed by atoms with E-state index in [1.807, 2.05) is 14.0 Å². The summed E-state index contributed by atoms with van der Waals surface area (Å²) in [5, 5.41) is -0.0621. The Kier molecular flexibility index (Phi) is 9.01. The van der Waals surface area contributed by atoms with Crippen molar-refractivity contribution in [2.24, 2.45) is 0 Å². The summed E-state index contributed by atoms with van der Waals surface area (Å²) < 4.78 is 33.8. The first-order valence-corrected chi connectivity index (χ1v) is 13.1. The number of pyridine rings is 1. The van der Waals surface area contributed by atoms with Crippen LogP contribution in [0.3, 0.4) is 0 Å². The maximum Gasteiger partial charge on any atom is 0.325 e. The van der Waals surface area contributed by atoms with E-state index in [4.69, 9.17) is 14.2 Å². The third-order valence-corrected chi connectivity index (χ3v) is 6.90. The molecule has 0 amide bonds. The number of halogens is 1. The molecule has 1 aliphatic rings. The monoisotopic (exact) mass is 525 g/mol. The number of nitrogens with zero attached hydrogens (tertiary/aromatic N) is 3. The van der Waals surface area contributed by atoms with Gasteiger partial charge in [-0.15, -0.1) is 0 Å². The number of aromatic nitrogens is 1. The van der Waals surface area contributed by atoms with E-state index in [1.165, 1.54) is 6.07 Å². The first kappa shape index (κ1) is 27.6. The second kappa shape index (κ2) is 12.4. The van der Waals surface area contributed by atoms with Crippen LogP contribution in [0.4, 0.5) is 4.39 Å². The fourth-order valence-corrected chi connectivity index (χ4v) is 4.81. The molecule has 0 saturated carbocycles. The Bertz CT molecular complexity index is 1320. The van der Waals surface area contributed by atoms with Crippen LogP contribution in [0, 0.1) is 5.82 Å². The zero-order chi connectivity index (χ0) is 27.2. The van der Waals surface area contributed by atoms with Gasteiger partial charge in [-0.25, -0.2) is 4.39 Å². The van der Waals surface area contributed by atoms with Gasteiger partial charge >= 0.3 is 5.97 Å². The van der Waals surface area contributed by atoms with Crippen LogP contribution < -0.4 is 14.9 Å². The molecule has 0 radical (unpaired) electrons. The molecule has 1 aromatic heterocycles. The smallest absolute Gasteiger partial charge is 0.325 e. The molecule has 2 heterocycles. The fourth-order valence-electron chi connectivity index (χ4n) is 4.81. The third-order valence-electron chi connectivity index (χ3n) is 6.90. The van der Waals surface area contributed by atoms with Gasteiger partial charge in [0, 0.05) is 44.5 Å². The quantitative estimate of drug-likeness (QED) is 0.373. The van der Waals surface area contributed by atoms with Crippen LogP contribution in [-0.4, -0.2) is 79.9 Å². The number of carbonyl (C=O) groups is 1. The van der Waals surface area contributed by atoms with Crippen LogP contribution in [0.25, 0.3) is 22.0 Å². The molecule has 1 aliphatic heterocycles. The highest BCUT2D eigenvalue weighted by Crippen LogP contribution is 2.30. The Morgan fingerprint density at radius 2 is 1.76 bits per heavy atom. The molecule has 0 spiro atoms. The summed E-state index contributed by atoms with van der Waals surface area (Å²) in [7, 11) is 3.62. The van der Waals surface area contributed by atoms with Crippen LogP contribution in [0.5, 0.6) is 11.5 Å². The molecule has 2 aromatic carbocycles. The van der Waals surface area contributed by atoms with Crippen molar-refractivity contribution >= 4 is 16.9 Å². The minimum absolute atomic E-state index is 0.0621. The maximum atomic E-state index is 15.4. The lowest BCUT2D eigenvalue weighted by atomic mass is 10.0. The largest absolute Gasteiger partial charge is 0.497 e. The third kappa shape index (κ3) is 5.84. The minimum atomic E-state index is -0.634. The molecule has 0 N–H and O–H groups in total. The number of rotatable bonds is 10. The number of esters is 1. The summed E-state index contributed by atoms with van der Waals surface area (Å²) in [6.07, 6.45) is 2.45. The van der Waals surface area contributed by atoms with E-state index in [2.05, 4.69) is 9.80 Å². The maximum absolute atomic E-state index is 15.4. The van der Waals surface area contributed by atoms with E-state index in [0.717, 1.165) is 19.5 Å². The molecule has 1 saturated heterocycles. The van der Waals surface area contributed by atoms with Gasteiger partial charge in [-0.05, 0) is 50.2 Å². The number of hydrogen-bond acceptors (Lipinski definition) is 7. The van der Waals surface area contributed by atoms with Gasteiger partial charge in [-0.2, -0.15) is 0 Å². The van der Waals surface area contributed by atoms with E-state index in [0.29, 0.717) is 47.8 Å². The van der Waals surface area contributed by atoms with Crippen LogP contribution in [0.1, 0.15) is 20.3 Å². The number of carbonyl (C=O) groups excluding carboxylic acids is 1. The topological polar surface area (TPSA) is 73.2 Å². The first-order valence-electron chi connectivity index (χ1n) is 13.1. The predicted molar refractivity (Wildman–Crippen MR) is 145 cm³/mol. The van der Waals surface area contributed by atoms with E-state index in [1.54, 1.807) is 55.1 Å². The molecular formula is C29H36FN3O5. The highest BCUT2D eigenvalue weighted by atomic mass is 19.1. The highest BCUT2D eigenvalue weighted by molar-refractivity contribution is 5.89. The molecule has 1 unspecified atom stereocenters. The molecule has 0 aliphatic carbocycles. The van der Waals surface area contributed by atoms with E-state index < -0.39 is 17.3 Å². The van der Waals surface area contributed by atoms with Gasteiger partial charge in [-0.1, -0.05) is 19.1 Å². The van der Waals surface area contributed by atoms with Gasteiger partial charge in [0.1, 0.15) is 23.4 Å². The van der Waals surface area contributed by atoms with Crippen molar-refractivity contribution in [1.29, 1.82) is 0 Å². The zero-order valence-corrected chi connectivity index (χ0v) is 22.5. The lowest BCUT2D eigenvalue weighted by Gasteiger charge is -2.37. The Balaban J connectivity index is 1.91. The van der Waals surface area contributed by atoms with Crippen molar-refractivity contribution in [3.8, 4) is 22.6 Å². The SMILES string of the molecule is CCCOc1ccc(F)c2c(=O)c(-c3ccc(OC)cc3)cn(CC(C(=O)OCC)N3CCN(C)CC3)c12. The fraction of sp³-hybridized carbons (Fsp3) is 0.448. The Morgan fingerprint density at radius 1 is 1.05 bits per heavy atom. The van der Waals surface area contributed by atoms with Crippen LogP contribution in [-0.2, 0) is 16.1 Å². The van der Waals surface area contributed by atoms with Crippen molar-refractivity contribution in [3.05, 3.63) is 58.6 Å². The zero-order valence-electron chi connectivity index (χ0n) is 22.5. The normalized spacial score (nSPS) is 15.4. The van der Waals surface area contributed by atoms with Gasteiger partial charge in [0.25, 0.3) is 0 Å². The predicted octanol–water partition coefficient (Wildman–Crippen LogP) is 3.78. The summed E-state index contributed by atoms with van der Waals surface area (Å²) in [5.41, 5.74) is 0.850. The summed E-state index contributed by atoms with van der Waals surface area (Å²) in [6.45, 7) is 7.61. The lowest BCUT2D eigenvalue weighted by Crippen LogP contribution is -2.53. The second-order valence-electron chi connectivity index (χ2n) is 9.48. The van der Waals surface area contributed by atoms with Crippen molar-refractivity contribution < 1.29 is 23.4 Å². The molecule has 1 fully saturated rings. The standard InChI is InChI=1S/C29H36FN3O5/c1-5-17-38-25-12-11-23(30)26-27(25)33(18-22(28(26)34)20-7-9-21(36-4)10-8-20)19-24(29(35)37-6-2)32-15-13-31(3)14-16-32/h7-12,18,24H,5-6,13-17,19H2,1-4H3. The van der Waals surface area contributed by atoms with Gasteiger partial charge in [0.15, 0.2) is 5.43 Å². The average molecular weight is 526 g/mol. The number of benzene rings is 2. The Labute approximate surface area is 222 Å². The number of hydrogen-bond donors (Lipinski definition) is 0. The molecule has 0 bridgehead atoms.